The Hall–Kier alpha value is -7.68. The molecular weight excluding hydrogens is 701 g/mol. The zero-order valence-electron chi connectivity index (χ0n) is 31.8. The van der Waals surface area contributed by atoms with Crippen molar-refractivity contribution in [3.8, 4) is 39.1 Å². The van der Waals surface area contributed by atoms with Crippen molar-refractivity contribution in [2.24, 2.45) is 0 Å². The van der Waals surface area contributed by atoms with E-state index in [1.54, 1.807) is 0 Å². The van der Waals surface area contributed by atoms with Crippen molar-refractivity contribution in [3.05, 3.63) is 231 Å². The molecule has 0 unspecified atom stereocenters. The summed E-state index contributed by atoms with van der Waals surface area (Å²) in [5, 5.41) is 7.45. The summed E-state index contributed by atoms with van der Waals surface area (Å²) in [6, 6.07) is 83.6. The quantitative estimate of drug-likeness (QED) is 0.158. The first kappa shape index (κ1) is 33.6. The van der Waals surface area contributed by atoms with Crippen LogP contribution in [-0.4, -0.2) is 4.57 Å². The van der Waals surface area contributed by atoms with Crippen molar-refractivity contribution in [3.63, 3.8) is 0 Å². The van der Waals surface area contributed by atoms with Gasteiger partial charge in [0.2, 0.25) is 0 Å². The molecule has 0 aliphatic carbocycles. The number of hydrogen-bond donors (Lipinski definition) is 0. The van der Waals surface area contributed by atoms with Gasteiger partial charge in [0, 0.05) is 33.2 Å². The fourth-order valence-corrected chi connectivity index (χ4v) is 8.88. The molecule has 0 bridgehead atoms. The third kappa shape index (κ3) is 5.74. The molecule has 0 N–H and O–H groups in total. The lowest BCUT2D eigenvalue weighted by Crippen LogP contribution is -2.10. The monoisotopic (exact) mass is 738 g/mol. The fourth-order valence-electron chi connectivity index (χ4n) is 8.88. The van der Waals surface area contributed by atoms with Gasteiger partial charge in [-0.05, 0) is 104 Å². The van der Waals surface area contributed by atoms with Crippen LogP contribution in [0.4, 0.5) is 17.1 Å². The number of fused-ring (bicyclic) bond motifs is 5. The van der Waals surface area contributed by atoms with Gasteiger partial charge in [-0.3, -0.25) is 0 Å². The normalized spacial score (nSPS) is 11.4. The van der Waals surface area contributed by atoms with E-state index in [-0.39, 0.29) is 0 Å². The van der Waals surface area contributed by atoms with Crippen LogP contribution in [0.1, 0.15) is 0 Å². The molecule has 1 aromatic heterocycles. The second-order valence-corrected chi connectivity index (χ2v) is 14.9. The Morgan fingerprint density at radius 2 is 0.862 bits per heavy atom. The van der Waals surface area contributed by atoms with Crippen LogP contribution < -0.4 is 4.90 Å². The molecule has 0 aliphatic heterocycles. The van der Waals surface area contributed by atoms with Gasteiger partial charge < -0.3 is 9.47 Å². The molecule has 0 saturated carbocycles. The number of aromatic nitrogens is 1. The smallest absolute Gasteiger partial charge is 0.0547 e. The van der Waals surface area contributed by atoms with Crippen LogP contribution >= 0.6 is 0 Å². The zero-order chi connectivity index (χ0) is 38.4. The summed E-state index contributed by atoms with van der Waals surface area (Å²) in [6.45, 7) is 0. The summed E-state index contributed by atoms with van der Waals surface area (Å²) in [4.78, 5) is 2.41. The molecule has 0 fully saturated rings. The van der Waals surface area contributed by atoms with Crippen LogP contribution in [-0.2, 0) is 0 Å². The molecule has 0 saturated heterocycles. The van der Waals surface area contributed by atoms with Crippen LogP contribution in [0.2, 0.25) is 0 Å². The zero-order valence-corrected chi connectivity index (χ0v) is 31.8. The minimum absolute atomic E-state index is 1.10. The van der Waals surface area contributed by atoms with Crippen molar-refractivity contribution < 1.29 is 0 Å². The molecule has 0 spiro atoms. The largest absolute Gasteiger partial charge is 0.310 e. The SMILES string of the molecule is c1ccc(-n2c3ccccc3c3c(-c4cccc(N(c5ccc(-c6ccc(-c7cccc8ccccc78)cc6)cc5)c5cccc6ccccc56)c4)cccc32)cc1. The summed E-state index contributed by atoms with van der Waals surface area (Å²) in [5.74, 6) is 0. The fraction of sp³-hybridized carbons (Fsp3) is 0. The Balaban J connectivity index is 1.02. The van der Waals surface area contributed by atoms with Gasteiger partial charge in [-0.15, -0.1) is 0 Å². The number of rotatable bonds is 7. The number of hydrogen-bond acceptors (Lipinski definition) is 1. The number of para-hydroxylation sites is 2. The third-order valence-electron chi connectivity index (χ3n) is 11.6. The van der Waals surface area contributed by atoms with E-state index in [0.717, 1.165) is 22.7 Å². The van der Waals surface area contributed by atoms with Crippen LogP contribution in [0.3, 0.4) is 0 Å². The lowest BCUT2D eigenvalue weighted by atomic mass is 9.96. The van der Waals surface area contributed by atoms with E-state index >= 15 is 0 Å². The van der Waals surface area contributed by atoms with Gasteiger partial charge in [0.25, 0.3) is 0 Å². The maximum Gasteiger partial charge on any atom is 0.0547 e. The van der Waals surface area contributed by atoms with E-state index in [4.69, 9.17) is 0 Å². The van der Waals surface area contributed by atoms with Crippen molar-refractivity contribution in [2.75, 3.05) is 4.90 Å². The molecule has 10 aromatic carbocycles. The van der Waals surface area contributed by atoms with Crippen molar-refractivity contribution in [2.45, 2.75) is 0 Å². The second kappa shape index (κ2) is 14.1. The highest BCUT2D eigenvalue weighted by Gasteiger charge is 2.19. The first-order valence-corrected chi connectivity index (χ1v) is 19.9. The van der Waals surface area contributed by atoms with Gasteiger partial charge in [0.1, 0.15) is 0 Å². The summed E-state index contributed by atoms with van der Waals surface area (Å²) in [6.07, 6.45) is 0. The highest BCUT2D eigenvalue weighted by molar-refractivity contribution is 6.16. The molecule has 58 heavy (non-hydrogen) atoms. The Morgan fingerprint density at radius 1 is 0.310 bits per heavy atom. The summed E-state index contributed by atoms with van der Waals surface area (Å²) < 4.78 is 2.39. The van der Waals surface area contributed by atoms with Gasteiger partial charge in [-0.2, -0.15) is 0 Å². The lowest BCUT2D eigenvalue weighted by Gasteiger charge is -2.27. The minimum atomic E-state index is 1.10. The van der Waals surface area contributed by atoms with Crippen molar-refractivity contribution in [1.29, 1.82) is 0 Å². The molecule has 0 aliphatic rings. The Morgan fingerprint density at radius 3 is 1.66 bits per heavy atom. The molecule has 2 nitrogen and oxygen atoms in total. The highest BCUT2D eigenvalue weighted by atomic mass is 15.1. The highest BCUT2D eigenvalue weighted by Crippen LogP contribution is 2.43. The average Bonchev–Trinajstić information content (AvgIpc) is 3.64. The van der Waals surface area contributed by atoms with Gasteiger partial charge in [-0.25, -0.2) is 0 Å². The summed E-state index contributed by atoms with van der Waals surface area (Å²) >= 11 is 0. The van der Waals surface area contributed by atoms with Gasteiger partial charge in [-0.1, -0.05) is 176 Å². The van der Waals surface area contributed by atoms with Crippen LogP contribution in [0.5, 0.6) is 0 Å². The number of benzene rings is 10. The first-order chi connectivity index (χ1) is 28.8. The van der Waals surface area contributed by atoms with Gasteiger partial charge in [0.05, 0.1) is 16.7 Å². The number of anilines is 3. The molecule has 2 heteroatoms. The van der Waals surface area contributed by atoms with Gasteiger partial charge in [0.15, 0.2) is 0 Å². The number of nitrogens with zero attached hydrogens (tertiary/aromatic N) is 2. The second-order valence-electron chi connectivity index (χ2n) is 14.9. The Labute approximate surface area is 338 Å². The van der Waals surface area contributed by atoms with Crippen molar-refractivity contribution >= 4 is 60.4 Å². The molecule has 272 valence electrons. The van der Waals surface area contributed by atoms with E-state index in [2.05, 4.69) is 240 Å². The molecule has 11 rings (SSSR count). The average molecular weight is 739 g/mol. The molecule has 11 aromatic rings. The summed E-state index contributed by atoms with van der Waals surface area (Å²) in [7, 11) is 0. The predicted molar refractivity (Wildman–Crippen MR) is 247 cm³/mol. The van der Waals surface area contributed by atoms with E-state index in [9.17, 15) is 0 Å². The molecule has 0 amide bonds. The van der Waals surface area contributed by atoms with E-state index in [0.29, 0.717) is 0 Å². The van der Waals surface area contributed by atoms with E-state index in [1.807, 2.05) is 0 Å². The molecular formula is C56H38N2. The molecule has 0 atom stereocenters. The molecule has 0 radical (unpaired) electrons. The summed E-state index contributed by atoms with van der Waals surface area (Å²) in [5.41, 5.74) is 14.1. The Bertz CT molecular complexity index is 3260. The first-order valence-electron chi connectivity index (χ1n) is 19.9. The van der Waals surface area contributed by atoms with Crippen LogP contribution in [0.25, 0.3) is 82.4 Å². The predicted octanol–water partition coefficient (Wildman–Crippen LogP) is 15.6. The standard InChI is InChI=1S/C56H38N2/c1-2-19-45(20-3-1)58-54-27-9-8-24-52(54)56-51(26-13-29-55(56)58)44-18-10-21-47(38-44)57(53-28-12-17-42-15-5-7-23-50(42)53)46-36-34-40(35-37-46)39-30-32-43(33-31-39)49-25-11-16-41-14-4-6-22-48(41)49/h1-38H. The lowest BCUT2D eigenvalue weighted by molar-refractivity contribution is 1.18. The Kier molecular flexibility index (Phi) is 8.19. The topological polar surface area (TPSA) is 8.17 Å². The maximum atomic E-state index is 2.41. The van der Waals surface area contributed by atoms with Crippen LogP contribution in [0.15, 0.2) is 231 Å². The van der Waals surface area contributed by atoms with E-state index in [1.165, 1.54) is 76.7 Å². The van der Waals surface area contributed by atoms with Crippen LogP contribution in [0, 0.1) is 0 Å². The molecule has 1 heterocycles. The van der Waals surface area contributed by atoms with Crippen molar-refractivity contribution in [1.82, 2.24) is 4.57 Å². The third-order valence-corrected chi connectivity index (χ3v) is 11.6. The van der Waals surface area contributed by atoms with E-state index < -0.39 is 0 Å². The van der Waals surface area contributed by atoms with Gasteiger partial charge >= 0.3 is 0 Å². The maximum absolute atomic E-state index is 2.41. The minimum Gasteiger partial charge on any atom is -0.310 e.